The molecule has 1 aromatic heterocycles. The van der Waals surface area contributed by atoms with E-state index in [0.717, 1.165) is 11.1 Å². The van der Waals surface area contributed by atoms with Gasteiger partial charge in [-0.25, -0.2) is 10.4 Å². The number of nitrogens with zero attached hydrogens (tertiary/aromatic N) is 2. The van der Waals surface area contributed by atoms with Gasteiger partial charge in [0.05, 0.1) is 25.1 Å². The molecule has 0 atom stereocenters. The zero-order valence-electron chi connectivity index (χ0n) is 16.0. The minimum Gasteiger partial charge on any atom is -0.493 e. The van der Waals surface area contributed by atoms with Gasteiger partial charge < -0.3 is 9.47 Å². The van der Waals surface area contributed by atoms with E-state index in [2.05, 4.69) is 20.5 Å². The van der Waals surface area contributed by atoms with E-state index in [9.17, 15) is 4.79 Å². The average Bonchev–Trinajstić information content (AvgIpc) is 2.69. The van der Waals surface area contributed by atoms with Crippen molar-refractivity contribution in [2.24, 2.45) is 5.10 Å². The van der Waals surface area contributed by atoms with E-state index >= 15 is 0 Å². The number of rotatable bonds is 7. The second-order valence-electron chi connectivity index (χ2n) is 6.29. The highest BCUT2D eigenvalue weighted by atomic mass is 16.5. The predicted octanol–water partition coefficient (Wildman–Crippen LogP) is 3.68. The molecular formula is C21H22N4O3. The van der Waals surface area contributed by atoms with Crippen LogP contribution in [-0.2, 0) is 0 Å². The van der Waals surface area contributed by atoms with E-state index in [-0.39, 0.29) is 17.6 Å². The second-order valence-corrected chi connectivity index (χ2v) is 6.29. The number of hydrogen-bond donors (Lipinski definition) is 2. The van der Waals surface area contributed by atoms with Gasteiger partial charge >= 0.3 is 0 Å². The van der Waals surface area contributed by atoms with Crippen LogP contribution in [0.25, 0.3) is 11.3 Å². The normalized spacial score (nSPS) is 11.0. The van der Waals surface area contributed by atoms with Gasteiger partial charge in [0.2, 0.25) is 5.95 Å². The number of hydrazone groups is 1. The largest absolute Gasteiger partial charge is 0.493 e. The van der Waals surface area contributed by atoms with Crippen molar-refractivity contribution in [2.75, 3.05) is 12.5 Å². The Morgan fingerprint density at radius 3 is 2.61 bits per heavy atom. The van der Waals surface area contributed by atoms with Crippen molar-refractivity contribution >= 4 is 12.2 Å². The molecule has 0 bridgehead atoms. The number of nitrogens with one attached hydrogen (secondary N) is 2. The van der Waals surface area contributed by atoms with Gasteiger partial charge in [0.15, 0.2) is 11.5 Å². The van der Waals surface area contributed by atoms with Gasteiger partial charge in [-0.1, -0.05) is 30.3 Å². The fourth-order valence-corrected chi connectivity index (χ4v) is 2.55. The summed E-state index contributed by atoms with van der Waals surface area (Å²) >= 11 is 0. The monoisotopic (exact) mass is 378 g/mol. The molecular weight excluding hydrogens is 356 g/mol. The van der Waals surface area contributed by atoms with Crippen LogP contribution in [0.2, 0.25) is 0 Å². The first-order chi connectivity index (χ1) is 13.5. The summed E-state index contributed by atoms with van der Waals surface area (Å²) in [7, 11) is 1.59. The Morgan fingerprint density at radius 2 is 1.89 bits per heavy atom. The van der Waals surface area contributed by atoms with E-state index in [1.165, 1.54) is 6.07 Å². The highest BCUT2D eigenvalue weighted by Gasteiger charge is 2.07. The van der Waals surface area contributed by atoms with E-state index in [4.69, 9.17) is 9.47 Å². The number of benzene rings is 2. The Bertz CT molecular complexity index is 1010. The smallest absolute Gasteiger partial charge is 0.252 e. The van der Waals surface area contributed by atoms with Crippen LogP contribution in [0.15, 0.2) is 64.5 Å². The number of H-pyrrole nitrogens is 1. The molecule has 0 aliphatic carbocycles. The van der Waals surface area contributed by atoms with E-state index in [1.54, 1.807) is 13.3 Å². The Kier molecular flexibility index (Phi) is 6.06. The Balaban J connectivity index is 1.76. The van der Waals surface area contributed by atoms with Gasteiger partial charge in [-0.05, 0) is 37.6 Å². The van der Waals surface area contributed by atoms with E-state index in [1.807, 2.05) is 62.4 Å². The van der Waals surface area contributed by atoms with Gasteiger partial charge in [-0.15, -0.1) is 0 Å². The molecule has 7 nitrogen and oxygen atoms in total. The quantitative estimate of drug-likeness (QED) is 0.484. The van der Waals surface area contributed by atoms with Gasteiger partial charge in [-0.2, -0.15) is 5.10 Å². The Labute approximate surface area is 163 Å². The summed E-state index contributed by atoms with van der Waals surface area (Å²) in [6.45, 7) is 3.91. The third kappa shape index (κ3) is 4.97. The zero-order valence-corrected chi connectivity index (χ0v) is 16.0. The standard InChI is InChI=1S/C21H22N4O3/c1-14(2)28-18-10-9-15(11-19(18)27-3)13-22-25-21-23-17(12-20(26)24-21)16-7-5-4-6-8-16/h4-14H,1-3H3,(H2,23,24,25,26)/b22-13+. The molecule has 0 unspecified atom stereocenters. The van der Waals surface area contributed by atoms with Gasteiger partial charge in [0.1, 0.15) is 0 Å². The molecule has 0 saturated carbocycles. The first-order valence-corrected chi connectivity index (χ1v) is 8.85. The average molecular weight is 378 g/mol. The summed E-state index contributed by atoms with van der Waals surface area (Å²) in [5.74, 6) is 1.55. The van der Waals surface area contributed by atoms with Crippen molar-refractivity contribution in [2.45, 2.75) is 20.0 Å². The molecule has 0 spiro atoms. The molecule has 0 fully saturated rings. The van der Waals surface area contributed by atoms with Crippen LogP contribution >= 0.6 is 0 Å². The van der Waals surface area contributed by atoms with Crippen molar-refractivity contribution in [1.29, 1.82) is 0 Å². The molecule has 2 N–H and O–H groups in total. The fourth-order valence-electron chi connectivity index (χ4n) is 2.55. The van der Waals surface area contributed by atoms with Crippen LogP contribution in [0.4, 0.5) is 5.95 Å². The summed E-state index contributed by atoms with van der Waals surface area (Å²) < 4.78 is 11.1. The number of aromatic nitrogens is 2. The third-order valence-corrected chi connectivity index (χ3v) is 3.75. The molecule has 0 saturated heterocycles. The number of anilines is 1. The number of ether oxygens (including phenoxy) is 2. The maximum absolute atomic E-state index is 11.9. The maximum atomic E-state index is 11.9. The maximum Gasteiger partial charge on any atom is 0.252 e. The molecule has 144 valence electrons. The highest BCUT2D eigenvalue weighted by molar-refractivity contribution is 5.81. The molecule has 3 aromatic rings. The first kappa shape index (κ1) is 19.2. The van der Waals surface area contributed by atoms with Crippen LogP contribution in [0.1, 0.15) is 19.4 Å². The topological polar surface area (TPSA) is 88.6 Å². The highest BCUT2D eigenvalue weighted by Crippen LogP contribution is 2.28. The summed E-state index contributed by atoms with van der Waals surface area (Å²) in [5.41, 5.74) is 4.73. The lowest BCUT2D eigenvalue weighted by Crippen LogP contribution is -2.10. The van der Waals surface area contributed by atoms with Gasteiger partial charge in [0, 0.05) is 11.6 Å². The molecule has 0 aliphatic rings. The molecule has 3 rings (SSSR count). The lowest BCUT2D eigenvalue weighted by Gasteiger charge is -2.13. The first-order valence-electron chi connectivity index (χ1n) is 8.85. The SMILES string of the molecule is COc1cc(/C=N/Nc2nc(-c3ccccc3)cc(=O)[nH]2)ccc1OC(C)C. The van der Waals surface area contributed by atoms with Crippen LogP contribution < -0.4 is 20.5 Å². The van der Waals surface area contributed by atoms with Crippen LogP contribution in [0.3, 0.4) is 0 Å². The zero-order chi connectivity index (χ0) is 19.9. The lowest BCUT2D eigenvalue weighted by atomic mass is 10.1. The molecule has 0 radical (unpaired) electrons. The Hall–Kier alpha value is -3.61. The van der Waals surface area contributed by atoms with Gasteiger partial charge in [0.25, 0.3) is 5.56 Å². The summed E-state index contributed by atoms with van der Waals surface area (Å²) in [6.07, 6.45) is 1.66. The van der Waals surface area contributed by atoms with Crippen molar-refractivity contribution < 1.29 is 9.47 Å². The Morgan fingerprint density at radius 1 is 1.11 bits per heavy atom. The molecule has 0 aliphatic heterocycles. The fraction of sp³-hybridized carbons (Fsp3) is 0.190. The van der Waals surface area contributed by atoms with Crippen molar-refractivity contribution in [1.82, 2.24) is 9.97 Å². The van der Waals surface area contributed by atoms with E-state index < -0.39 is 0 Å². The number of aromatic amines is 1. The van der Waals surface area contributed by atoms with Crippen molar-refractivity contribution in [3.05, 3.63) is 70.5 Å². The molecule has 2 aromatic carbocycles. The minimum atomic E-state index is -0.261. The summed E-state index contributed by atoms with van der Waals surface area (Å²) in [5, 5.41) is 4.15. The van der Waals surface area contributed by atoms with Crippen LogP contribution in [-0.4, -0.2) is 29.4 Å². The lowest BCUT2D eigenvalue weighted by molar-refractivity contribution is 0.230. The number of methoxy groups -OCH3 is 1. The van der Waals surface area contributed by atoms with Gasteiger partial charge in [-0.3, -0.25) is 9.78 Å². The molecule has 1 heterocycles. The number of hydrogen-bond acceptors (Lipinski definition) is 6. The summed E-state index contributed by atoms with van der Waals surface area (Å²) in [4.78, 5) is 18.9. The summed E-state index contributed by atoms with van der Waals surface area (Å²) in [6, 6.07) is 16.4. The van der Waals surface area contributed by atoms with Crippen molar-refractivity contribution in [3.63, 3.8) is 0 Å². The predicted molar refractivity (Wildman–Crippen MR) is 110 cm³/mol. The van der Waals surface area contributed by atoms with Crippen LogP contribution in [0, 0.1) is 0 Å². The minimum absolute atomic E-state index is 0.0508. The van der Waals surface area contributed by atoms with Crippen LogP contribution in [0.5, 0.6) is 11.5 Å². The van der Waals surface area contributed by atoms with Crippen molar-refractivity contribution in [3.8, 4) is 22.8 Å². The van der Waals surface area contributed by atoms with E-state index in [0.29, 0.717) is 17.2 Å². The molecule has 7 heteroatoms. The molecule has 0 amide bonds. The third-order valence-electron chi connectivity index (χ3n) is 3.75. The second kappa shape index (κ2) is 8.85. The molecule has 28 heavy (non-hydrogen) atoms.